The monoisotopic (exact) mass is 391 g/mol. The lowest BCUT2D eigenvalue weighted by atomic mass is 9.92. The molecule has 1 heterocycles. The van der Waals surface area contributed by atoms with Crippen molar-refractivity contribution in [2.24, 2.45) is 5.10 Å². The fourth-order valence-electron chi connectivity index (χ4n) is 2.58. The zero-order valence-electron chi connectivity index (χ0n) is 16.4. The molecule has 0 aliphatic heterocycles. The first-order valence-electron chi connectivity index (χ1n) is 8.99. The molecule has 29 heavy (non-hydrogen) atoms. The van der Waals surface area contributed by atoms with Crippen LogP contribution in [0.1, 0.15) is 42.5 Å². The molecule has 0 unspecified atom stereocenters. The van der Waals surface area contributed by atoms with Crippen LogP contribution in [-0.2, 0) is 5.41 Å². The van der Waals surface area contributed by atoms with Crippen molar-refractivity contribution in [1.29, 1.82) is 0 Å². The van der Waals surface area contributed by atoms with E-state index in [0.29, 0.717) is 11.3 Å². The molecule has 0 bridgehead atoms. The zero-order chi connectivity index (χ0) is 21.0. The Balaban J connectivity index is 1.82. The van der Waals surface area contributed by atoms with Crippen molar-refractivity contribution in [3.05, 3.63) is 87.7 Å². The van der Waals surface area contributed by atoms with E-state index < -0.39 is 10.8 Å². The number of carbonyl (C=O) groups is 1. The Morgan fingerprint density at radius 2 is 1.79 bits per heavy atom. The van der Waals surface area contributed by atoms with Crippen molar-refractivity contribution in [3.8, 4) is 5.69 Å². The number of rotatable bonds is 5. The molecular weight excluding hydrogens is 370 g/mol. The summed E-state index contributed by atoms with van der Waals surface area (Å²) < 4.78 is 1.59. The van der Waals surface area contributed by atoms with Gasteiger partial charge < -0.3 is 0 Å². The summed E-state index contributed by atoms with van der Waals surface area (Å²) in [6.07, 6.45) is 1.43. The predicted molar refractivity (Wildman–Crippen MR) is 110 cm³/mol. The van der Waals surface area contributed by atoms with Gasteiger partial charge in [-0.2, -0.15) is 10.2 Å². The first-order valence-corrected chi connectivity index (χ1v) is 8.99. The summed E-state index contributed by atoms with van der Waals surface area (Å²) in [5.41, 5.74) is 4.81. The van der Waals surface area contributed by atoms with Crippen LogP contribution in [0, 0.1) is 10.1 Å². The van der Waals surface area contributed by atoms with Crippen molar-refractivity contribution in [3.63, 3.8) is 0 Å². The first-order chi connectivity index (χ1) is 13.8. The zero-order valence-corrected chi connectivity index (χ0v) is 16.4. The standard InChI is InChI=1S/C21H21N5O3/c1-21(2,3)19-13-18(25(24-19)16-7-5-4-6-8-16)20(27)23-22-14-15-9-11-17(12-10-15)26(28)29/h4-14H,1-3H3,(H,23,27). The van der Waals surface area contributed by atoms with E-state index in [0.717, 1.165) is 11.4 Å². The van der Waals surface area contributed by atoms with Crippen LogP contribution in [0.2, 0.25) is 0 Å². The number of non-ortho nitro benzene ring substituents is 1. The van der Waals surface area contributed by atoms with E-state index >= 15 is 0 Å². The number of aromatic nitrogens is 2. The lowest BCUT2D eigenvalue weighted by Gasteiger charge is -2.14. The maximum absolute atomic E-state index is 12.7. The average Bonchev–Trinajstić information content (AvgIpc) is 3.15. The summed E-state index contributed by atoms with van der Waals surface area (Å²) in [4.78, 5) is 23.0. The molecule has 1 amide bonds. The van der Waals surface area contributed by atoms with Crippen LogP contribution in [-0.4, -0.2) is 26.8 Å². The van der Waals surface area contributed by atoms with Crippen LogP contribution < -0.4 is 5.43 Å². The Labute approximate surface area is 168 Å². The molecule has 148 valence electrons. The minimum absolute atomic E-state index is 0.00680. The molecule has 8 nitrogen and oxygen atoms in total. The maximum Gasteiger partial charge on any atom is 0.290 e. The number of hydrogen-bond donors (Lipinski definition) is 1. The van der Waals surface area contributed by atoms with Crippen LogP contribution in [0.25, 0.3) is 5.69 Å². The van der Waals surface area contributed by atoms with E-state index in [1.54, 1.807) is 22.9 Å². The lowest BCUT2D eigenvalue weighted by molar-refractivity contribution is -0.384. The highest BCUT2D eigenvalue weighted by atomic mass is 16.6. The van der Waals surface area contributed by atoms with Gasteiger partial charge >= 0.3 is 0 Å². The summed E-state index contributed by atoms with van der Waals surface area (Å²) >= 11 is 0. The largest absolute Gasteiger partial charge is 0.290 e. The van der Waals surface area contributed by atoms with E-state index in [1.165, 1.54) is 18.3 Å². The van der Waals surface area contributed by atoms with Crippen LogP contribution in [0.4, 0.5) is 5.69 Å². The first kappa shape index (κ1) is 19.9. The van der Waals surface area contributed by atoms with Gasteiger partial charge in [-0.25, -0.2) is 10.1 Å². The third-order valence-electron chi connectivity index (χ3n) is 4.19. The molecule has 0 spiro atoms. The molecule has 0 saturated carbocycles. The highest BCUT2D eigenvalue weighted by molar-refractivity contribution is 5.94. The van der Waals surface area contributed by atoms with Crippen LogP contribution in [0.15, 0.2) is 65.8 Å². The SMILES string of the molecule is CC(C)(C)c1cc(C(=O)NN=Cc2ccc([N+](=O)[O-])cc2)n(-c2ccccc2)n1. The predicted octanol–water partition coefficient (Wildman–Crippen LogP) is 3.84. The Kier molecular flexibility index (Phi) is 5.54. The van der Waals surface area contributed by atoms with Gasteiger partial charge in [0, 0.05) is 17.5 Å². The highest BCUT2D eigenvalue weighted by Gasteiger charge is 2.23. The van der Waals surface area contributed by atoms with Crippen molar-refractivity contribution < 1.29 is 9.72 Å². The number of hydrazone groups is 1. The van der Waals surface area contributed by atoms with E-state index in [-0.39, 0.29) is 11.1 Å². The Morgan fingerprint density at radius 1 is 1.14 bits per heavy atom. The lowest BCUT2D eigenvalue weighted by Crippen LogP contribution is -2.21. The number of nitro groups is 1. The van der Waals surface area contributed by atoms with Crippen molar-refractivity contribution in [2.45, 2.75) is 26.2 Å². The van der Waals surface area contributed by atoms with Crippen molar-refractivity contribution in [2.75, 3.05) is 0 Å². The molecule has 0 aliphatic rings. The number of nitrogens with one attached hydrogen (secondary N) is 1. The van der Waals surface area contributed by atoms with Gasteiger partial charge in [-0.05, 0) is 35.9 Å². The molecule has 0 fully saturated rings. The van der Waals surface area contributed by atoms with Crippen LogP contribution in [0.5, 0.6) is 0 Å². The van der Waals surface area contributed by atoms with Gasteiger partial charge in [-0.15, -0.1) is 0 Å². The summed E-state index contributed by atoms with van der Waals surface area (Å²) in [5.74, 6) is -0.407. The fraction of sp³-hybridized carbons (Fsp3) is 0.190. The summed E-state index contributed by atoms with van der Waals surface area (Å²) in [7, 11) is 0. The molecule has 3 rings (SSSR count). The Bertz CT molecular complexity index is 1050. The second-order valence-electron chi connectivity index (χ2n) is 7.46. The number of nitrogens with zero attached hydrogens (tertiary/aromatic N) is 4. The molecule has 1 N–H and O–H groups in total. The topological polar surface area (TPSA) is 102 Å². The molecule has 1 aromatic heterocycles. The molecule has 0 radical (unpaired) electrons. The van der Waals surface area contributed by atoms with E-state index in [9.17, 15) is 14.9 Å². The van der Waals surface area contributed by atoms with Gasteiger partial charge in [0.2, 0.25) is 0 Å². The van der Waals surface area contributed by atoms with Crippen molar-refractivity contribution in [1.82, 2.24) is 15.2 Å². The molecular formula is C21H21N5O3. The van der Waals surface area contributed by atoms with E-state index in [1.807, 2.05) is 51.1 Å². The second-order valence-corrected chi connectivity index (χ2v) is 7.46. The van der Waals surface area contributed by atoms with Gasteiger partial charge in [-0.1, -0.05) is 39.0 Å². The number of benzene rings is 2. The number of nitro benzene ring substituents is 1. The van der Waals surface area contributed by atoms with Gasteiger partial charge in [0.05, 0.1) is 22.5 Å². The van der Waals surface area contributed by atoms with Gasteiger partial charge in [0.1, 0.15) is 5.69 Å². The molecule has 3 aromatic rings. The highest BCUT2D eigenvalue weighted by Crippen LogP contribution is 2.23. The van der Waals surface area contributed by atoms with E-state index in [4.69, 9.17) is 0 Å². The van der Waals surface area contributed by atoms with Gasteiger partial charge in [0.25, 0.3) is 11.6 Å². The number of carbonyl (C=O) groups excluding carboxylic acids is 1. The van der Waals surface area contributed by atoms with Crippen LogP contribution in [0.3, 0.4) is 0 Å². The third-order valence-corrected chi connectivity index (χ3v) is 4.19. The summed E-state index contributed by atoms with van der Waals surface area (Å²) in [5, 5.41) is 19.3. The minimum Gasteiger partial charge on any atom is -0.266 e. The fourth-order valence-corrected chi connectivity index (χ4v) is 2.58. The number of amides is 1. The van der Waals surface area contributed by atoms with Crippen molar-refractivity contribution >= 4 is 17.8 Å². The number of hydrogen-bond acceptors (Lipinski definition) is 5. The second kappa shape index (κ2) is 8.05. The van der Waals surface area contributed by atoms with Crippen LogP contribution >= 0.6 is 0 Å². The Morgan fingerprint density at radius 3 is 2.38 bits per heavy atom. The van der Waals surface area contributed by atoms with Gasteiger partial charge in [-0.3, -0.25) is 14.9 Å². The Hall–Kier alpha value is -3.81. The maximum atomic E-state index is 12.7. The minimum atomic E-state index is -0.472. The quantitative estimate of drug-likeness (QED) is 0.405. The molecule has 8 heteroatoms. The third kappa shape index (κ3) is 4.73. The number of para-hydroxylation sites is 1. The normalized spacial score (nSPS) is 11.6. The molecule has 0 atom stereocenters. The smallest absolute Gasteiger partial charge is 0.266 e. The average molecular weight is 391 g/mol. The molecule has 0 saturated heterocycles. The molecule has 2 aromatic carbocycles. The summed E-state index contributed by atoms with van der Waals surface area (Å²) in [6, 6.07) is 17.0. The molecule has 0 aliphatic carbocycles. The summed E-state index contributed by atoms with van der Waals surface area (Å²) in [6.45, 7) is 6.08. The van der Waals surface area contributed by atoms with E-state index in [2.05, 4.69) is 15.6 Å². The van der Waals surface area contributed by atoms with Gasteiger partial charge in [0.15, 0.2) is 0 Å².